The van der Waals surface area contributed by atoms with Crippen molar-refractivity contribution in [2.75, 3.05) is 32.2 Å². The summed E-state index contributed by atoms with van der Waals surface area (Å²) in [5.74, 6) is 0.409. The molecule has 0 aliphatic carbocycles. The zero-order chi connectivity index (χ0) is 13.4. The van der Waals surface area contributed by atoms with Gasteiger partial charge in [0.1, 0.15) is 6.10 Å². The van der Waals surface area contributed by atoms with Crippen molar-refractivity contribution < 1.29 is 14.2 Å². The Morgan fingerprint density at radius 2 is 1.83 bits per heavy atom. The molecule has 0 aliphatic heterocycles. The first-order valence-electron chi connectivity index (χ1n) is 6.00. The summed E-state index contributed by atoms with van der Waals surface area (Å²) in [7, 11) is 1.72. The Morgan fingerprint density at radius 3 is 2.44 bits per heavy atom. The number of nitrogens with one attached hydrogen (secondary N) is 1. The molecule has 0 amide bonds. The van der Waals surface area contributed by atoms with E-state index in [1.165, 1.54) is 0 Å². The van der Waals surface area contributed by atoms with Gasteiger partial charge in [0.2, 0.25) is 5.95 Å². The predicted molar refractivity (Wildman–Crippen MR) is 67.1 cm³/mol. The number of hydrogen-bond donors (Lipinski definition) is 1. The molecule has 1 heterocycles. The van der Waals surface area contributed by atoms with Crippen LogP contribution in [0.2, 0.25) is 0 Å². The minimum Gasteiger partial charge on any atom is -0.464 e. The Labute approximate surface area is 107 Å². The maximum atomic E-state index is 5.54. The van der Waals surface area contributed by atoms with Gasteiger partial charge in [0.25, 0.3) is 0 Å². The molecule has 7 heteroatoms. The summed E-state index contributed by atoms with van der Waals surface area (Å²) in [4.78, 5) is 12.2. The molecule has 0 radical (unpaired) electrons. The lowest BCUT2D eigenvalue weighted by Crippen LogP contribution is -2.21. The average molecular weight is 256 g/mol. The molecule has 1 unspecified atom stereocenters. The smallest absolute Gasteiger partial charge is 0.324 e. The van der Waals surface area contributed by atoms with Gasteiger partial charge in [-0.05, 0) is 20.8 Å². The van der Waals surface area contributed by atoms with Crippen molar-refractivity contribution >= 4 is 5.95 Å². The Hall–Kier alpha value is -1.63. The maximum absolute atomic E-state index is 5.54. The second kappa shape index (κ2) is 7.65. The van der Waals surface area contributed by atoms with Crippen LogP contribution in [0.1, 0.15) is 20.8 Å². The highest BCUT2D eigenvalue weighted by molar-refractivity contribution is 5.26. The Balaban J connectivity index is 2.71. The summed E-state index contributed by atoms with van der Waals surface area (Å²) in [5, 5.41) is 2.83. The first kappa shape index (κ1) is 14.4. The summed E-state index contributed by atoms with van der Waals surface area (Å²) >= 11 is 0. The second-order valence-electron chi connectivity index (χ2n) is 3.50. The zero-order valence-electron chi connectivity index (χ0n) is 11.3. The minimum absolute atomic E-state index is 0.133. The first-order valence-corrected chi connectivity index (χ1v) is 6.00. The lowest BCUT2D eigenvalue weighted by Gasteiger charge is -2.13. The molecule has 1 rings (SSSR count). The number of aromatic nitrogens is 3. The molecule has 0 aromatic carbocycles. The third kappa shape index (κ3) is 4.70. The molecular formula is C11H20N4O3. The highest BCUT2D eigenvalue weighted by Crippen LogP contribution is 2.13. The summed E-state index contributed by atoms with van der Waals surface area (Å²) in [5.41, 5.74) is 0. The Morgan fingerprint density at radius 1 is 1.11 bits per heavy atom. The van der Waals surface area contributed by atoms with Crippen LogP contribution in [0.4, 0.5) is 5.95 Å². The van der Waals surface area contributed by atoms with Gasteiger partial charge in [-0.15, -0.1) is 4.98 Å². The normalized spacial score (nSPS) is 12.0. The summed E-state index contributed by atoms with van der Waals surface area (Å²) in [6, 6.07) is 0.473. The summed E-state index contributed by atoms with van der Waals surface area (Å²) < 4.78 is 16.0. The topological polar surface area (TPSA) is 78.4 Å². The lowest BCUT2D eigenvalue weighted by molar-refractivity contribution is 0.0601. The van der Waals surface area contributed by atoms with Crippen molar-refractivity contribution in [1.29, 1.82) is 0 Å². The summed E-state index contributed by atoms with van der Waals surface area (Å²) in [6.45, 7) is 7.31. The van der Waals surface area contributed by atoms with E-state index in [1.807, 2.05) is 20.8 Å². The molecule has 0 spiro atoms. The minimum atomic E-state index is -0.133. The largest absolute Gasteiger partial charge is 0.464 e. The Bertz CT molecular complexity index is 362. The van der Waals surface area contributed by atoms with E-state index < -0.39 is 0 Å². The maximum Gasteiger partial charge on any atom is 0.324 e. The lowest BCUT2D eigenvalue weighted by atomic mass is 10.4. The fraction of sp³-hybridized carbons (Fsp3) is 0.727. The third-order valence-electron chi connectivity index (χ3n) is 1.95. The van der Waals surface area contributed by atoms with Crippen molar-refractivity contribution in [2.45, 2.75) is 26.9 Å². The van der Waals surface area contributed by atoms with Crippen LogP contribution in [0.15, 0.2) is 0 Å². The van der Waals surface area contributed by atoms with Gasteiger partial charge < -0.3 is 19.5 Å². The van der Waals surface area contributed by atoms with Gasteiger partial charge >= 0.3 is 12.0 Å². The zero-order valence-corrected chi connectivity index (χ0v) is 11.3. The monoisotopic (exact) mass is 256 g/mol. The number of hydrogen-bond acceptors (Lipinski definition) is 7. The van der Waals surface area contributed by atoms with Crippen LogP contribution in [0, 0.1) is 0 Å². The molecule has 0 bridgehead atoms. The molecular weight excluding hydrogens is 236 g/mol. The number of nitrogens with zero attached hydrogens (tertiary/aromatic N) is 3. The number of ether oxygens (including phenoxy) is 3. The van der Waals surface area contributed by atoms with Crippen molar-refractivity contribution in [2.24, 2.45) is 0 Å². The first-order chi connectivity index (χ1) is 8.69. The van der Waals surface area contributed by atoms with Crippen LogP contribution in [-0.2, 0) is 4.74 Å². The van der Waals surface area contributed by atoms with Crippen molar-refractivity contribution in [1.82, 2.24) is 15.0 Å². The van der Waals surface area contributed by atoms with Gasteiger partial charge in [-0.25, -0.2) is 0 Å². The molecule has 102 valence electrons. The molecule has 1 N–H and O–H groups in total. The fourth-order valence-corrected chi connectivity index (χ4v) is 1.19. The van der Waals surface area contributed by atoms with Crippen LogP contribution in [0.5, 0.6) is 12.0 Å². The molecule has 1 aromatic rings. The quantitative estimate of drug-likeness (QED) is 0.746. The fourth-order valence-electron chi connectivity index (χ4n) is 1.19. The van der Waals surface area contributed by atoms with E-state index in [0.717, 1.165) is 0 Å². The van der Waals surface area contributed by atoms with Crippen LogP contribution in [-0.4, -0.2) is 47.9 Å². The van der Waals surface area contributed by atoms with Gasteiger partial charge in [0.15, 0.2) is 0 Å². The molecule has 7 nitrogen and oxygen atoms in total. The third-order valence-corrected chi connectivity index (χ3v) is 1.95. The molecule has 1 aromatic heterocycles. The number of rotatable bonds is 8. The molecule has 0 saturated carbocycles. The molecule has 1 atom stereocenters. The molecule has 0 fully saturated rings. The van der Waals surface area contributed by atoms with E-state index >= 15 is 0 Å². The van der Waals surface area contributed by atoms with E-state index in [4.69, 9.17) is 14.2 Å². The molecule has 18 heavy (non-hydrogen) atoms. The number of anilines is 1. The molecule has 0 saturated heterocycles. The van der Waals surface area contributed by atoms with Crippen LogP contribution >= 0.6 is 0 Å². The van der Waals surface area contributed by atoms with Crippen LogP contribution < -0.4 is 14.8 Å². The van der Waals surface area contributed by atoms with E-state index in [2.05, 4.69) is 20.3 Å². The molecule has 0 aliphatic rings. The van der Waals surface area contributed by atoms with Gasteiger partial charge in [-0.1, -0.05) is 0 Å². The van der Waals surface area contributed by atoms with Crippen LogP contribution in [0.3, 0.4) is 0 Å². The highest BCUT2D eigenvalue weighted by Gasteiger charge is 2.11. The highest BCUT2D eigenvalue weighted by atomic mass is 16.5. The standard InChI is InChI=1S/C11H20N4O3/c1-5-16-7-8(3)18-11-14-9(12-4)13-10(15-11)17-6-2/h8H,5-7H2,1-4H3,(H,12,13,14,15). The van der Waals surface area contributed by atoms with Gasteiger partial charge in [0, 0.05) is 13.7 Å². The van der Waals surface area contributed by atoms with Crippen molar-refractivity contribution in [3.05, 3.63) is 0 Å². The SMILES string of the molecule is CCOCC(C)Oc1nc(NC)nc(OCC)n1. The van der Waals surface area contributed by atoms with E-state index in [0.29, 0.717) is 25.8 Å². The van der Waals surface area contributed by atoms with E-state index in [-0.39, 0.29) is 18.1 Å². The average Bonchev–Trinajstić information content (AvgIpc) is 2.36. The van der Waals surface area contributed by atoms with Gasteiger partial charge in [-0.2, -0.15) is 9.97 Å². The Kier molecular flexibility index (Phi) is 6.13. The summed E-state index contributed by atoms with van der Waals surface area (Å²) in [6.07, 6.45) is -0.133. The van der Waals surface area contributed by atoms with Gasteiger partial charge in [-0.3, -0.25) is 0 Å². The van der Waals surface area contributed by atoms with Gasteiger partial charge in [0.05, 0.1) is 13.2 Å². The van der Waals surface area contributed by atoms with Crippen molar-refractivity contribution in [3.63, 3.8) is 0 Å². The van der Waals surface area contributed by atoms with Crippen molar-refractivity contribution in [3.8, 4) is 12.0 Å². The van der Waals surface area contributed by atoms with E-state index in [9.17, 15) is 0 Å². The van der Waals surface area contributed by atoms with E-state index in [1.54, 1.807) is 7.05 Å². The predicted octanol–water partition coefficient (Wildman–Crippen LogP) is 1.12. The second-order valence-corrected chi connectivity index (χ2v) is 3.50. The van der Waals surface area contributed by atoms with Crippen LogP contribution in [0.25, 0.3) is 0 Å².